The monoisotopic (exact) mass is 255 g/mol. The molecule has 1 aliphatic rings. The fraction of sp³-hybridized carbons (Fsp3) is 0.692. The minimum atomic E-state index is -0.898. The van der Waals surface area contributed by atoms with E-state index >= 15 is 0 Å². The van der Waals surface area contributed by atoms with Crippen molar-refractivity contribution in [2.75, 3.05) is 20.8 Å². The summed E-state index contributed by atoms with van der Waals surface area (Å²) in [4.78, 5) is 25.0. The fourth-order valence-corrected chi connectivity index (χ4v) is 2.19. The topological polar surface area (TPSA) is 66.8 Å². The third-order valence-electron chi connectivity index (χ3n) is 3.48. The zero-order chi connectivity index (χ0) is 13.7. The maximum atomic E-state index is 12.3. The van der Waals surface area contributed by atoms with E-state index in [1.165, 1.54) is 0 Å². The lowest BCUT2D eigenvalue weighted by Crippen LogP contribution is -2.45. The Bertz CT molecular complexity index is 340. The van der Waals surface area contributed by atoms with Gasteiger partial charge in [-0.05, 0) is 19.8 Å². The number of carboxylic acids is 1. The van der Waals surface area contributed by atoms with Crippen LogP contribution in [0.3, 0.4) is 0 Å². The number of hydrogen-bond donors (Lipinski definition) is 1. The summed E-state index contributed by atoms with van der Waals surface area (Å²) in [5.74, 6) is -2.08. The SMILES string of the molecule is COCC(C)N(C)C(=O)C1CC=CCC1C(=O)O. The summed E-state index contributed by atoms with van der Waals surface area (Å²) < 4.78 is 5.01. The molecule has 18 heavy (non-hydrogen) atoms. The molecule has 5 heteroatoms. The summed E-state index contributed by atoms with van der Waals surface area (Å²) >= 11 is 0. The second kappa shape index (κ2) is 6.54. The molecule has 3 unspecified atom stereocenters. The summed E-state index contributed by atoms with van der Waals surface area (Å²) in [6.07, 6.45) is 4.65. The number of methoxy groups -OCH3 is 1. The smallest absolute Gasteiger partial charge is 0.307 e. The van der Waals surface area contributed by atoms with Gasteiger partial charge in [-0.3, -0.25) is 9.59 Å². The first kappa shape index (κ1) is 14.7. The number of hydrogen-bond acceptors (Lipinski definition) is 3. The number of allylic oxidation sites excluding steroid dienone is 2. The number of carbonyl (C=O) groups excluding carboxylic acids is 1. The first-order chi connectivity index (χ1) is 8.49. The molecular weight excluding hydrogens is 234 g/mol. The van der Waals surface area contributed by atoms with Crippen molar-refractivity contribution in [3.8, 4) is 0 Å². The van der Waals surface area contributed by atoms with Crippen LogP contribution in [-0.2, 0) is 14.3 Å². The van der Waals surface area contributed by atoms with E-state index in [4.69, 9.17) is 9.84 Å². The van der Waals surface area contributed by atoms with E-state index in [0.29, 0.717) is 19.4 Å². The van der Waals surface area contributed by atoms with Crippen LogP contribution in [0, 0.1) is 11.8 Å². The predicted molar refractivity (Wildman–Crippen MR) is 67.1 cm³/mol. The van der Waals surface area contributed by atoms with Gasteiger partial charge in [0.1, 0.15) is 0 Å². The number of aliphatic carboxylic acids is 1. The summed E-state index contributed by atoms with van der Waals surface area (Å²) in [5.41, 5.74) is 0. The van der Waals surface area contributed by atoms with Crippen LogP contribution in [-0.4, -0.2) is 48.7 Å². The molecule has 5 nitrogen and oxygen atoms in total. The molecule has 1 N–H and O–H groups in total. The van der Waals surface area contributed by atoms with Gasteiger partial charge < -0.3 is 14.7 Å². The molecule has 0 aromatic heterocycles. The highest BCUT2D eigenvalue weighted by atomic mass is 16.5. The Kier molecular flexibility index (Phi) is 5.34. The second-order valence-electron chi connectivity index (χ2n) is 4.75. The number of nitrogens with zero attached hydrogens (tertiary/aromatic N) is 1. The largest absolute Gasteiger partial charge is 0.481 e. The lowest BCUT2D eigenvalue weighted by atomic mass is 9.82. The summed E-state index contributed by atoms with van der Waals surface area (Å²) in [5, 5.41) is 9.15. The quantitative estimate of drug-likeness (QED) is 0.748. The highest BCUT2D eigenvalue weighted by molar-refractivity contribution is 5.85. The van der Waals surface area contributed by atoms with Crippen LogP contribution in [0.4, 0.5) is 0 Å². The number of carboxylic acid groups (broad SMARTS) is 1. The number of carbonyl (C=O) groups is 2. The van der Waals surface area contributed by atoms with Gasteiger partial charge in [-0.1, -0.05) is 12.2 Å². The zero-order valence-corrected chi connectivity index (χ0v) is 11.1. The Morgan fingerprint density at radius 2 is 1.94 bits per heavy atom. The molecule has 0 heterocycles. The molecule has 0 spiro atoms. The van der Waals surface area contributed by atoms with E-state index in [9.17, 15) is 9.59 Å². The first-order valence-corrected chi connectivity index (χ1v) is 6.12. The third-order valence-corrected chi connectivity index (χ3v) is 3.48. The van der Waals surface area contributed by atoms with Crippen LogP contribution in [0.15, 0.2) is 12.2 Å². The van der Waals surface area contributed by atoms with Crippen molar-refractivity contribution in [3.05, 3.63) is 12.2 Å². The molecule has 0 aromatic carbocycles. The van der Waals surface area contributed by atoms with Crippen molar-refractivity contribution < 1.29 is 19.4 Å². The summed E-state index contributed by atoms with van der Waals surface area (Å²) in [6.45, 7) is 2.33. The Morgan fingerprint density at radius 3 is 2.44 bits per heavy atom. The molecule has 0 aromatic rings. The number of rotatable bonds is 5. The van der Waals surface area contributed by atoms with Gasteiger partial charge in [0, 0.05) is 14.2 Å². The number of likely N-dealkylation sites (N-methyl/N-ethyl adjacent to an activating group) is 1. The molecule has 0 saturated heterocycles. The predicted octanol–water partition coefficient (Wildman–Crippen LogP) is 1.15. The van der Waals surface area contributed by atoms with Gasteiger partial charge in [-0.25, -0.2) is 0 Å². The minimum absolute atomic E-state index is 0.0529. The standard InChI is InChI=1S/C13H21NO4/c1-9(8-18-3)14(2)12(15)10-6-4-5-7-11(10)13(16)17/h4-5,9-11H,6-8H2,1-3H3,(H,16,17). The molecule has 1 aliphatic carbocycles. The van der Waals surface area contributed by atoms with Crippen molar-refractivity contribution in [1.29, 1.82) is 0 Å². The van der Waals surface area contributed by atoms with Crippen LogP contribution in [0.1, 0.15) is 19.8 Å². The molecule has 0 saturated carbocycles. The van der Waals surface area contributed by atoms with Gasteiger partial charge >= 0.3 is 5.97 Å². The van der Waals surface area contributed by atoms with Crippen LogP contribution < -0.4 is 0 Å². The van der Waals surface area contributed by atoms with E-state index in [-0.39, 0.29) is 11.9 Å². The zero-order valence-electron chi connectivity index (χ0n) is 11.1. The molecule has 0 fully saturated rings. The van der Waals surface area contributed by atoms with Gasteiger partial charge in [0.25, 0.3) is 0 Å². The van der Waals surface area contributed by atoms with Gasteiger partial charge in [0.15, 0.2) is 0 Å². The summed E-state index contributed by atoms with van der Waals surface area (Å²) in [7, 11) is 3.28. The molecule has 0 aliphatic heterocycles. The lowest BCUT2D eigenvalue weighted by Gasteiger charge is -2.31. The van der Waals surface area contributed by atoms with Crippen LogP contribution in [0.2, 0.25) is 0 Å². The highest BCUT2D eigenvalue weighted by Gasteiger charge is 2.36. The number of amides is 1. The van der Waals surface area contributed by atoms with Gasteiger partial charge in [-0.15, -0.1) is 0 Å². The highest BCUT2D eigenvalue weighted by Crippen LogP contribution is 2.27. The second-order valence-corrected chi connectivity index (χ2v) is 4.75. The molecule has 1 amide bonds. The van der Waals surface area contributed by atoms with Crippen molar-refractivity contribution in [2.45, 2.75) is 25.8 Å². The normalized spacial score (nSPS) is 24.6. The maximum Gasteiger partial charge on any atom is 0.307 e. The van der Waals surface area contributed by atoms with E-state index in [1.54, 1.807) is 19.1 Å². The molecule has 1 rings (SSSR count). The van der Waals surface area contributed by atoms with E-state index in [2.05, 4.69) is 0 Å². The minimum Gasteiger partial charge on any atom is -0.481 e. The Labute approximate surface area is 107 Å². The summed E-state index contributed by atoms with van der Waals surface area (Å²) in [6, 6.07) is -0.0529. The Morgan fingerprint density at radius 1 is 1.39 bits per heavy atom. The lowest BCUT2D eigenvalue weighted by molar-refractivity contribution is -0.151. The van der Waals surface area contributed by atoms with Crippen LogP contribution in [0.5, 0.6) is 0 Å². The average molecular weight is 255 g/mol. The van der Waals surface area contributed by atoms with E-state index < -0.39 is 17.8 Å². The van der Waals surface area contributed by atoms with Crippen molar-refractivity contribution in [2.24, 2.45) is 11.8 Å². The molecule has 0 bridgehead atoms. The van der Waals surface area contributed by atoms with Gasteiger partial charge in [0.2, 0.25) is 5.91 Å². The molecule has 0 radical (unpaired) electrons. The van der Waals surface area contributed by atoms with Crippen molar-refractivity contribution in [3.63, 3.8) is 0 Å². The van der Waals surface area contributed by atoms with Crippen LogP contribution >= 0.6 is 0 Å². The van der Waals surface area contributed by atoms with Crippen molar-refractivity contribution in [1.82, 2.24) is 4.90 Å². The number of ether oxygens (including phenoxy) is 1. The molecule has 102 valence electrons. The van der Waals surface area contributed by atoms with Gasteiger partial charge in [0.05, 0.1) is 24.5 Å². The van der Waals surface area contributed by atoms with E-state index in [1.807, 2.05) is 19.1 Å². The average Bonchev–Trinajstić information content (AvgIpc) is 2.37. The van der Waals surface area contributed by atoms with Crippen LogP contribution in [0.25, 0.3) is 0 Å². The van der Waals surface area contributed by atoms with E-state index in [0.717, 1.165) is 0 Å². The fourth-order valence-electron chi connectivity index (χ4n) is 2.19. The van der Waals surface area contributed by atoms with Crippen molar-refractivity contribution >= 4 is 11.9 Å². The molecular formula is C13H21NO4. The maximum absolute atomic E-state index is 12.3. The third kappa shape index (κ3) is 3.32. The molecule has 3 atom stereocenters. The van der Waals surface area contributed by atoms with Gasteiger partial charge in [-0.2, -0.15) is 0 Å². The Hall–Kier alpha value is -1.36. The Balaban J connectivity index is 2.75. The first-order valence-electron chi connectivity index (χ1n) is 6.12.